The minimum Gasteiger partial charge on any atom is -0.358 e. The van der Waals surface area contributed by atoms with Gasteiger partial charge in [-0.05, 0) is 55.0 Å². The number of carbonyl (C=O) groups is 1. The van der Waals surface area contributed by atoms with Gasteiger partial charge in [0.1, 0.15) is 0 Å². The number of nitrogens with one attached hydrogen (secondary N) is 1. The Hall–Kier alpha value is -2.93. The number of aromatic amines is 1. The molecule has 0 aliphatic heterocycles. The number of Topliss-reactive ketones (excluding diaryl/α,β-unsaturated/α-hetero) is 1. The number of carbonyl (C=O) groups excluding carboxylic acids is 1. The molecule has 2 aromatic heterocycles. The molecule has 27 heavy (non-hydrogen) atoms. The lowest BCUT2D eigenvalue weighted by Crippen LogP contribution is -2.15. The van der Waals surface area contributed by atoms with E-state index in [9.17, 15) is 4.79 Å². The van der Waals surface area contributed by atoms with Gasteiger partial charge in [0, 0.05) is 22.2 Å². The average Bonchev–Trinajstić information content (AvgIpc) is 3.24. The molecule has 0 spiro atoms. The number of H-pyrrole nitrogens is 1. The number of aromatic nitrogens is 5. The molecule has 1 N–H and O–H groups in total. The fourth-order valence-electron chi connectivity index (χ4n) is 3.18. The third kappa shape index (κ3) is 3.26. The van der Waals surface area contributed by atoms with Crippen molar-refractivity contribution in [2.45, 2.75) is 31.2 Å². The summed E-state index contributed by atoms with van der Waals surface area (Å²) in [6.07, 6.45) is 0. The Morgan fingerprint density at radius 2 is 1.96 bits per heavy atom. The Morgan fingerprint density at radius 1 is 1.15 bits per heavy atom. The van der Waals surface area contributed by atoms with Crippen LogP contribution in [0.15, 0.2) is 53.7 Å². The number of hydrogen-bond acceptors (Lipinski definition) is 5. The minimum atomic E-state index is -0.322. The molecule has 0 amide bonds. The van der Waals surface area contributed by atoms with Gasteiger partial charge < -0.3 is 4.98 Å². The second-order valence-electron chi connectivity index (χ2n) is 6.51. The Bertz CT molecular complexity index is 1130. The monoisotopic (exact) mass is 377 g/mol. The zero-order chi connectivity index (χ0) is 19.0. The Labute approximate surface area is 161 Å². The van der Waals surface area contributed by atoms with Crippen molar-refractivity contribution in [2.75, 3.05) is 0 Å². The molecule has 0 radical (unpaired) electrons. The van der Waals surface area contributed by atoms with Crippen LogP contribution in [0.5, 0.6) is 0 Å². The molecule has 0 aliphatic rings. The molecule has 0 bridgehead atoms. The molecule has 1 atom stereocenters. The number of ketones is 1. The van der Waals surface area contributed by atoms with Crippen LogP contribution in [0, 0.1) is 13.8 Å². The van der Waals surface area contributed by atoms with Gasteiger partial charge in [0.05, 0.1) is 10.9 Å². The van der Waals surface area contributed by atoms with Crippen LogP contribution in [-0.2, 0) is 0 Å². The number of fused-ring (bicyclic) bond motifs is 1. The van der Waals surface area contributed by atoms with Crippen molar-refractivity contribution in [3.05, 3.63) is 65.4 Å². The molecule has 136 valence electrons. The van der Waals surface area contributed by atoms with E-state index < -0.39 is 0 Å². The van der Waals surface area contributed by atoms with Crippen molar-refractivity contribution in [3.8, 4) is 5.69 Å². The highest BCUT2D eigenvalue weighted by molar-refractivity contribution is 8.00. The average molecular weight is 377 g/mol. The number of hydrogen-bond donors (Lipinski definition) is 1. The van der Waals surface area contributed by atoms with Crippen LogP contribution in [0.1, 0.15) is 28.5 Å². The van der Waals surface area contributed by atoms with Crippen molar-refractivity contribution < 1.29 is 4.79 Å². The van der Waals surface area contributed by atoms with Crippen LogP contribution in [-0.4, -0.2) is 36.2 Å². The first-order chi connectivity index (χ1) is 13.0. The fraction of sp³-hybridized carbons (Fsp3) is 0.200. The molecule has 7 heteroatoms. The quantitative estimate of drug-likeness (QED) is 0.418. The van der Waals surface area contributed by atoms with Gasteiger partial charge in [-0.1, -0.05) is 42.1 Å². The van der Waals surface area contributed by atoms with Gasteiger partial charge in [-0.15, -0.1) is 5.10 Å². The highest BCUT2D eigenvalue weighted by Crippen LogP contribution is 2.29. The first-order valence-corrected chi connectivity index (χ1v) is 9.56. The van der Waals surface area contributed by atoms with Gasteiger partial charge in [-0.2, -0.15) is 4.68 Å². The number of thioether (sulfide) groups is 1. The standard InChI is InChI=1S/C20H19N5OS/c1-12-7-6-8-15(11-12)25-20(22-23-24-25)27-14(3)19(26)18-13(2)21-17-10-5-4-9-16(17)18/h4-11,14,21H,1-3H3. The zero-order valence-electron chi connectivity index (χ0n) is 15.3. The summed E-state index contributed by atoms with van der Waals surface area (Å²) in [6.45, 7) is 5.84. The van der Waals surface area contributed by atoms with Gasteiger partial charge in [0.2, 0.25) is 5.16 Å². The Kier molecular flexibility index (Phi) is 4.53. The normalized spacial score (nSPS) is 12.4. The van der Waals surface area contributed by atoms with Gasteiger partial charge in [0.15, 0.2) is 5.78 Å². The number of rotatable bonds is 5. The second-order valence-corrected chi connectivity index (χ2v) is 7.82. The van der Waals surface area contributed by atoms with Crippen molar-refractivity contribution in [2.24, 2.45) is 0 Å². The molecule has 0 aliphatic carbocycles. The fourth-order valence-corrected chi connectivity index (χ4v) is 4.05. The van der Waals surface area contributed by atoms with Gasteiger partial charge in [-0.3, -0.25) is 4.79 Å². The highest BCUT2D eigenvalue weighted by atomic mass is 32.2. The van der Waals surface area contributed by atoms with E-state index in [1.54, 1.807) is 4.68 Å². The lowest BCUT2D eigenvalue weighted by Gasteiger charge is -2.11. The smallest absolute Gasteiger partial charge is 0.214 e. The molecule has 2 aromatic carbocycles. The predicted octanol–water partition coefficient (Wildman–Crippen LogP) is 4.12. The summed E-state index contributed by atoms with van der Waals surface area (Å²) in [7, 11) is 0. The first-order valence-electron chi connectivity index (χ1n) is 8.68. The van der Waals surface area contributed by atoms with E-state index in [1.807, 2.05) is 69.3 Å². The van der Waals surface area contributed by atoms with E-state index in [1.165, 1.54) is 11.8 Å². The number of nitrogens with zero attached hydrogens (tertiary/aromatic N) is 4. The van der Waals surface area contributed by atoms with E-state index in [0.717, 1.165) is 33.4 Å². The summed E-state index contributed by atoms with van der Waals surface area (Å²) >= 11 is 1.36. The third-order valence-corrected chi connectivity index (χ3v) is 5.51. The molecule has 6 nitrogen and oxygen atoms in total. The molecule has 2 heterocycles. The molecule has 0 saturated heterocycles. The topological polar surface area (TPSA) is 76.5 Å². The molecule has 0 fully saturated rings. The summed E-state index contributed by atoms with van der Waals surface area (Å²) in [5.74, 6) is 0.0637. The SMILES string of the molecule is Cc1cccc(-n2nnnc2SC(C)C(=O)c2c(C)[nH]c3ccccc23)c1. The van der Waals surface area contributed by atoms with Crippen LogP contribution in [0.2, 0.25) is 0 Å². The lowest BCUT2D eigenvalue weighted by atomic mass is 10.1. The predicted molar refractivity (Wildman–Crippen MR) is 107 cm³/mol. The van der Waals surface area contributed by atoms with E-state index in [-0.39, 0.29) is 11.0 Å². The molecule has 0 saturated carbocycles. The van der Waals surface area contributed by atoms with E-state index >= 15 is 0 Å². The maximum atomic E-state index is 13.2. The third-order valence-electron chi connectivity index (χ3n) is 4.48. The van der Waals surface area contributed by atoms with Crippen LogP contribution in [0.3, 0.4) is 0 Å². The summed E-state index contributed by atoms with van der Waals surface area (Å²) in [4.78, 5) is 16.4. The van der Waals surface area contributed by atoms with Crippen LogP contribution in [0.25, 0.3) is 16.6 Å². The van der Waals surface area contributed by atoms with Gasteiger partial charge >= 0.3 is 0 Å². The molecular formula is C20H19N5OS. The van der Waals surface area contributed by atoms with Crippen LogP contribution in [0.4, 0.5) is 0 Å². The number of para-hydroxylation sites is 1. The van der Waals surface area contributed by atoms with E-state index in [0.29, 0.717) is 5.16 Å². The van der Waals surface area contributed by atoms with E-state index in [4.69, 9.17) is 0 Å². The number of aryl methyl sites for hydroxylation is 2. The van der Waals surface area contributed by atoms with E-state index in [2.05, 4.69) is 20.5 Å². The van der Waals surface area contributed by atoms with Gasteiger partial charge in [0.25, 0.3) is 0 Å². The summed E-state index contributed by atoms with van der Waals surface area (Å²) in [6, 6.07) is 15.8. The van der Waals surface area contributed by atoms with Crippen molar-refractivity contribution >= 4 is 28.4 Å². The lowest BCUT2D eigenvalue weighted by molar-refractivity contribution is 0.0995. The van der Waals surface area contributed by atoms with Crippen LogP contribution < -0.4 is 0 Å². The summed E-state index contributed by atoms with van der Waals surface area (Å²) in [5, 5.41) is 13.2. The zero-order valence-corrected chi connectivity index (χ0v) is 16.1. The first kappa shape index (κ1) is 17.5. The maximum absolute atomic E-state index is 13.2. The summed E-state index contributed by atoms with van der Waals surface area (Å²) in [5.41, 5.74) is 4.59. The minimum absolute atomic E-state index is 0.0637. The molecule has 4 rings (SSSR count). The molecule has 1 unspecified atom stereocenters. The Balaban J connectivity index is 1.63. The number of benzene rings is 2. The van der Waals surface area contributed by atoms with Crippen LogP contribution >= 0.6 is 11.8 Å². The van der Waals surface area contributed by atoms with Crippen molar-refractivity contribution in [1.82, 2.24) is 25.2 Å². The highest BCUT2D eigenvalue weighted by Gasteiger charge is 2.24. The molecular weight excluding hydrogens is 358 g/mol. The summed E-state index contributed by atoms with van der Waals surface area (Å²) < 4.78 is 1.67. The van der Waals surface area contributed by atoms with Gasteiger partial charge in [-0.25, -0.2) is 0 Å². The largest absolute Gasteiger partial charge is 0.358 e. The molecule has 4 aromatic rings. The maximum Gasteiger partial charge on any atom is 0.214 e. The second kappa shape index (κ2) is 7.00. The van der Waals surface area contributed by atoms with Crippen molar-refractivity contribution in [1.29, 1.82) is 0 Å². The Morgan fingerprint density at radius 3 is 2.78 bits per heavy atom. The van der Waals surface area contributed by atoms with Crippen molar-refractivity contribution in [3.63, 3.8) is 0 Å². The number of tetrazole rings is 1.